The number of nitrogens with one attached hydrogen (secondary N) is 2. The number of urea groups is 1. The largest absolute Gasteiger partial charge is 0.396 e. The second kappa shape index (κ2) is 5.31. The predicted octanol–water partition coefficient (Wildman–Crippen LogP) is 2.03. The van der Waals surface area contributed by atoms with Crippen molar-refractivity contribution in [3.63, 3.8) is 0 Å². The molecular weight excluding hydrogens is 240 g/mol. The third-order valence-corrected chi connectivity index (χ3v) is 5.33. The Morgan fingerprint density at radius 3 is 2.58 bits per heavy atom. The first-order valence-electron chi connectivity index (χ1n) is 7.88. The van der Waals surface area contributed by atoms with E-state index in [2.05, 4.69) is 10.6 Å². The summed E-state index contributed by atoms with van der Waals surface area (Å²) in [6.07, 6.45) is 10.1. The van der Waals surface area contributed by atoms with Crippen molar-refractivity contribution in [2.45, 2.75) is 57.4 Å². The van der Waals surface area contributed by atoms with Crippen LogP contribution >= 0.6 is 0 Å². The molecule has 3 aliphatic carbocycles. The van der Waals surface area contributed by atoms with Gasteiger partial charge in [-0.05, 0) is 31.1 Å². The fraction of sp³-hybridized carbons (Fsp3) is 0.933. The minimum absolute atomic E-state index is 0.00363. The molecule has 0 aromatic carbocycles. The highest BCUT2D eigenvalue weighted by molar-refractivity contribution is 5.74. The number of carbonyl (C=O) groups excluding carboxylic acids is 1. The van der Waals surface area contributed by atoms with Crippen molar-refractivity contribution >= 4 is 6.03 Å². The van der Waals surface area contributed by atoms with Gasteiger partial charge in [0.2, 0.25) is 0 Å². The van der Waals surface area contributed by atoms with Gasteiger partial charge < -0.3 is 15.7 Å². The number of rotatable bonds is 5. The van der Waals surface area contributed by atoms with Gasteiger partial charge in [-0.2, -0.15) is 0 Å². The molecule has 0 bridgehead atoms. The van der Waals surface area contributed by atoms with Crippen LogP contribution in [0.2, 0.25) is 0 Å². The number of hydrogen-bond acceptors (Lipinski definition) is 2. The Labute approximate surface area is 115 Å². The van der Waals surface area contributed by atoms with E-state index >= 15 is 0 Å². The van der Waals surface area contributed by atoms with Gasteiger partial charge in [0.15, 0.2) is 0 Å². The van der Waals surface area contributed by atoms with Crippen LogP contribution in [0.15, 0.2) is 0 Å². The monoisotopic (exact) mass is 266 g/mol. The third-order valence-electron chi connectivity index (χ3n) is 5.33. The van der Waals surface area contributed by atoms with Gasteiger partial charge in [0.05, 0.1) is 6.61 Å². The van der Waals surface area contributed by atoms with Gasteiger partial charge in [0.25, 0.3) is 0 Å². The Balaban J connectivity index is 1.35. The van der Waals surface area contributed by atoms with Gasteiger partial charge in [-0.25, -0.2) is 4.79 Å². The maximum Gasteiger partial charge on any atom is 0.315 e. The number of carbonyl (C=O) groups is 1. The van der Waals surface area contributed by atoms with Crippen molar-refractivity contribution < 1.29 is 9.90 Å². The van der Waals surface area contributed by atoms with Crippen LogP contribution in [-0.4, -0.2) is 30.3 Å². The molecule has 3 fully saturated rings. The van der Waals surface area contributed by atoms with Crippen LogP contribution in [0.5, 0.6) is 0 Å². The molecule has 2 atom stereocenters. The Morgan fingerprint density at radius 2 is 1.95 bits per heavy atom. The SMILES string of the molecule is O=C(NCC1(CO)CC1)N[C@H]1C[C@H]1C1CCCCC1. The zero-order chi connectivity index (χ0) is 13.3. The topological polar surface area (TPSA) is 61.4 Å². The molecule has 0 unspecified atom stereocenters. The van der Waals surface area contributed by atoms with E-state index in [1.807, 2.05) is 0 Å². The lowest BCUT2D eigenvalue weighted by molar-refractivity contribution is 0.202. The van der Waals surface area contributed by atoms with Crippen LogP contribution in [0.1, 0.15) is 51.4 Å². The number of aliphatic hydroxyl groups is 1. The van der Waals surface area contributed by atoms with Gasteiger partial charge in [-0.15, -0.1) is 0 Å². The van der Waals surface area contributed by atoms with Gasteiger partial charge in [-0.1, -0.05) is 32.1 Å². The van der Waals surface area contributed by atoms with Crippen molar-refractivity contribution in [1.82, 2.24) is 10.6 Å². The third kappa shape index (κ3) is 3.22. The zero-order valence-corrected chi connectivity index (χ0v) is 11.7. The van der Waals surface area contributed by atoms with Crippen LogP contribution < -0.4 is 10.6 Å². The number of amides is 2. The lowest BCUT2D eigenvalue weighted by Gasteiger charge is -2.21. The summed E-state index contributed by atoms with van der Waals surface area (Å²) in [5.41, 5.74) is 0.00363. The molecule has 108 valence electrons. The molecular formula is C15H26N2O2. The summed E-state index contributed by atoms with van der Waals surface area (Å²) in [5.74, 6) is 1.59. The van der Waals surface area contributed by atoms with Gasteiger partial charge in [0.1, 0.15) is 0 Å². The lowest BCUT2D eigenvalue weighted by Crippen LogP contribution is -2.41. The highest BCUT2D eigenvalue weighted by atomic mass is 16.3. The van der Waals surface area contributed by atoms with Crippen molar-refractivity contribution in [2.24, 2.45) is 17.3 Å². The Morgan fingerprint density at radius 1 is 1.21 bits per heavy atom. The minimum Gasteiger partial charge on any atom is -0.396 e. The van der Waals surface area contributed by atoms with Crippen LogP contribution in [-0.2, 0) is 0 Å². The molecule has 3 saturated carbocycles. The van der Waals surface area contributed by atoms with E-state index in [0.29, 0.717) is 12.6 Å². The molecule has 0 heterocycles. The van der Waals surface area contributed by atoms with Crippen LogP contribution in [0.4, 0.5) is 4.79 Å². The molecule has 2 amide bonds. The van der Waals surface area contributed by atoms with E-state index in [4.69, 9.17) is 0 Å². The first kappa shape index (κ1) is 13.2. The van der Waals surface area contributed by atoms with E-state index in [1.165, 1.54) is 38.5 Å². The first-order valence-corrected chi connectivity index (χ1v) is 7.88. The van der Waals surface area contributed by atoms with Crippen molar-refractivity contribution in [3.05, 3.63) is 0 Å². The average molecular weight is 266 g/mol. The summed E-state index contributed by atoms with van der Waals surface area (Å²) in [6, 6.07) is 0.371. The van der Waals surface area contributed by atoms with Crippen LogP contribution in [0.25, 0.3) is 0 Å². The Bertz CT molecular complexity index is 335. The lowest BCUT2D eigenvalue weighted by atomic mass is 9.85. The number of hydrogen-bond donors (Lipinski definition) is 3. The minimum atomic E-state index is -0.0389. The molecule has 4 heteroatoms. The molecule has 0 radical (unpaired) electrons. The standard InChI is InChI=1S/C15H26N2O2/c18-10-15(6-7-15)9-16-14(19)17-13-8-12(13)11-4-2-1-3-5-11/h11-13,18H,1-10H2,(H2,16,17,19)/t12-,13-/m0/s1. The Hall–Kier alpha value is -0.770. The summed E-state index contributed by atoms with van der Waals surface area (Å²) in [4.78, 5) is 11.8. The molecule has 0 spiro atoms. The van der Waals surface area contributed by atoms with E-state index in [-0.39, 0.29) is 18.1 Å². The average Bonchev–Trinajstić information content (AvgIpc) is 3.34. The van der Waals surface area contributed by atoms with Gasteiger partial charge in [-0.3, -0.25) is 0 Å². The molecule has 4 nitrogen and oxygen atoms in total. The summed E-state index contributed by atoms with van der Waals surface area (Å²) in [5, 5.41) is 15.2. The van der Waals surface area contributed by atoms with E-state index in [9.17, 15) is 9.90 Å². The fourth-order valence-corrected chi connectivity index (χ4v) is 3.52. The summed E-state index contributed by atoms with van der Waals surface area (Å²) < 4.78 is 0. The molecule has 0 aliphatic heterocycles. The molecule has 19 heavy (non-hydrogen) atoms. The molecule has 3 aliphatic rings. The quantitative estimate of drug-likeness (QED) is 0.713. The smallest absolute Gasteiger partial charge is 0.315 e. The maximum absolute atomic E-state index is 11.8. The first-order chi connectivity index (χ1) is 9.22. The molecule has 0 saturated heterocycles. The number of aliphatic hydroxyl groups excluding tert-OH is 1. The van der Waals surface area contributed by atoms with Crippen molar-refractivity contribution in [2.75, 3.05) is 13.2 Å². The normalized spacial score (nSPS) is 32.7. The summed E-state index contributed by atoms with van der Waals surface area (Å²) in [7, 11) is 0. The van der Waals surface area contributed by atoms with E-state index in [0.717, 1.165) is 24.7 Å². The summed E-state index contributed by atoms with van der Waals surface area (Å²) in [6.45, 7) is 0.817. The highest BCUT2D eigenvalue weighted by Gasteiger charge is 2.45. The van der Waals surface area contributed by atoms with Crippen molar-refractivity contribution in [3.8, 4) is 0 Å². The Kier molecular flexibility index (Phi) is 3.70. The zero-order valence-electron chi connectivity index (χ0n) is 11.7. The molecule has 0 aromatic heterocycles. The highest BCUT2D eigenvalue weighted by Crippen LogP contribution is 2.45. The fourth-order valence-electron chi connectivity index (χ4n) is 3.52. The van der Waals surface area contributed by atoms with Gasteiger partial charge >= 0.3 is 6.03 Å². The van der Waals surface area contributed by atoms with Crippen LogP contribution in [0, 0.1) is 17.3 Å². The molecule has 3 rings (SSSR count). The van der Waals surface area contributed by atoms with E-state index < -0.39 is 0 Å². The maximum atomic E-state index is 11.8. The second-order valence-corrected chi connectivity index (χ2v) is 6.89. The van der Waals surface area contributed by atoms with Crippen LogP contribution in [0.3, 0.4) is 0 Å². The molecule has 0 aromatic rings. The van der Waals surface area contributed by atoms with E-state index in [1.54, 1.807) is 0 Å². The van der Waals surface area contributed by atoms with Gasteiger partial charge in [0, 0.05) is 18.0 Å². The predicted molar refractivity (Wildman–Crippen MR) is 73.8 cm³/mol. The van der Waals surface area contributed by atoms with Crippen molar-refractivity contribution in [1.29, 1.82) is 0 Å². The molecule has 3 N–H and O–H groups in total. The second-order valence-electron chi connectivity index (χ2n) is 6.89. The summed E-state index contributed by atoms with van der Waals surface area (Å²) >= 11 is 0.